The number of hydrogen-bond donors (Lipinski definition) is 1. The van der Waals surface area contributed by atoms with Crippen molar-refractivity contribution in [2.75, 3.05) is 33.2 Å². The maximum absolute atomic E-state index is 12.2. The number of piperidine rings is 1. The highest BCUT2D eigenvalue weighted by Crippen LogP contribution is 2.35. The molecule has 2 aliphatic rings. The fraction of sp³-hybridized carbons (Fsp3) is 0.667. The van der Waals surface area contributed by atoms with Gasteiger partial charge in [-0.1, -0.05) is 6.92 Å². The topological polar surface area (TPSA) is 35.6 Å². The fourth-order valence-electron chi connectivity index (χ4n) is 3.18. The predicted octanol–water partition coefficient (Wildman–Crippen LogP) is 1.91. The molecule has 3 heterocycles. The first-order valence-electron chi connectivity index (χ1n) is 7.31. The number of hydrogen-bond acceptors (Lipinski definition) is 4. The smallest absolute Gasteiger partial charge is 0.238 e. The van der Waals surface area contributed by atoms with Crippen molar-refractivity contribution in [3.05, 3.63) is 22.4 Å². The van der Waals surface area contributed by atoms with Gasteiger partial charge in [-0.2, -0.15) is 11.3 Å². The van der Waals surface area contributed by atoms with E-state index < -0.39 is 0 Å². The highest BCUT2D eigenvalue weighted by molar-refractivity contribution is 7.07. The van der Waals surface area contributed by atoms with Crippen LogP contribution in [0.15, 0.2) is 16.8 Å². The van der Waals surface area contributed by atoms with Gasteiger partial charge in [0.25, 0.3) is 0 Å². The molecule has 0 aromatic carbocycles. The number of thiophene rings is 1. The second kappa shape index (κ2) is 5.47. The Morgan fingerprint density at radius 2 is 2.20 bits per heavy atom. The van der Waals surface area contributed by atoms with Crippen LogP contribution in [-0.2, 0) is 4.79 Å². The molecule has 0 saturated carbocycles. The largest absolute Gasteiger partial charge is 0.321 e. The van der Waals surface area contributed by atoms with E-state index in [0.717, 1.165) is 19.6 Å². The first kappa shape index (κ1) is 14.0. The van der Waals surface area contributed by atoms with E-state index in [9.17, 15) is 4.79 Å². The van der Waals surface area contributed by atoms with Gasteiger partial charge in [-0.05, 0) is 60.8 Å². The van der Waals surface area contributed by atoms with Crippen LogP contribution in [0.1, 0.15) is 31.5 Å². The number of carbonyl (C=O) groups excluding carboxylic acids is 1. The number of nitrogens with one attached hydrogen (secondary N) is 1. The van der Waals surface area contributed by atoms with E-state index >= 15 is 0 Å². The molecule has 0 bridgehead atoms. The summed E-state index contributed by atoms with van der Waals surface area (Å²) in [6.07, 6.45) is 2.41. The Hall–Kier alpha value is -0.910. The van der Waals surface area contributed by atoms with Gasteiger partial charge in [0.2, 0.25) is 5.91 Å². The van der Waals surface area contributed by atoms with Gasteiger partial charge < -0.3 is 9.80 Å². The molecule has 1 atom stereocenters. The van der Waals surface area contributed by atoms with Crippen molar-refractivity contribution in [2.45, 2.75) is 25.9 Å². The second-order valence-electron chi connectivity index (χ2n) is 6.48. The zero-order valence-corrected chi connectivity index (χ0v) is 13.1. The molecular formula is C15H23N3OS. The van der Waals surface area contributed by atoms with Gasteiger partial charge in [0, 0.05) is 6.54 Å². The molecule has 1 aromatic heterocycles. The Morgan fingerprint density at radius 3 is 2.85 bits per heavy atom. The third-order valence-corrected chi connectivity index (χ3v) is 5.39. The van der Waals surface area contributed by atoms with E-state index in [2.05, 4.69) is 41.0 Å². The zero-order chi connectivity index (χ0) is 14.2. The zero-order valence-electron chi connectivity index (χ0n) is 12.3. The number of likely N-dealkylation sites (tertiary alicyclic amines) is 1. The first-order valence-corrected chi connectivity index (χ1v) is 8.25. The summed E-state index contributed by atoms with van der Waals surface area (Å²) in [6.45, 7) is 5.93. The molecule has 1 amide bonds. The summed E-state index contributed by atoms with van der Waals surface area (Å²) < 4.78 is 0. The highest BCUT2D eigenvalue weighted by atomic mass is 32.1. The second-order valence-corrected chi connectivity index (χ2v) is 7.26. The summed E-state index contributed by atoms with van der Waals surface area (Å²) in [5.41, 5.74) is 1.47. The van der Waals surface area contributed by atoms with Gasteiger partial charge in [-0.3, -0.25) is 10.1 Å². The average Bonchev–Trinajstić information content (AvgIpc) is 3.05. The minimum atomic E-state index is 0.0743. The van der Waals surface area contributed by atoms with Crippen LogP contribution in [0.4, 0.5) is 0 Å². The molecule has 4 nitrogen and oxygen atoms in total. The van der Waals surface area contributed by atoms with Crippen LogP contribution in [0, 0.1) is 5.41 Å². The van der Waals surface area contributed by atoms with Crippen molar-refractivity contribution in [2.24, 2.45) is 5.41 Å². The third-order valence-electron chi connectivity index (χ3n) is 4.68. The Labute approximate surface area is 124 Å². The molecular weight excluding hydrogens is 270 g/mol. The molecule has 110 valence electrons. The maximum atomic E-state index is 12.2. The Kier molecular flexibility index (Phi) is 3.84. The Balaban J connectivity index is 1.72. The van der Waals surface area contributed by atoms with Gasteiger partial charge >= 0.3 is 0 Å². The van der Waals surface area contributed by atoms with Gasteiger partial charge in [-0.25, -0.2) is 0 Å². The van der Waals surface area contributed by atoms with E-state index in [1.54, 1.807) is 11.3 Å². The van der Waals surface area contributed by atoms with E-state index in [-0.39, 0.29) is 17.5 Å². The maximum Gasteiger partial charge on any atom is 0.238 e. The van der Waals surface area contributed by atoms with Crippen molar-refractivity contribution < 1.29 is 4.79 Å². The first-order chi connectivity index (χ1) is 9.57. The molecule has 5 heteroatoms. The van der Waals surface area contributed by atoms with Crippen molar-refractivity contribution in [3.63, 3.8) is 0 Å². The van der Waals surface area contributed by atoms with Crippen molar-refractivity contribution in [1.82, 2.24) is 15.1 Å². The molecule has 1 aromatic rings. The molecule has 1 N–H and O–H groups in total. The molecule has 1 unspecified atom stereocenters. The summed E-state index contributed by atoms with van der Waals surface area (Å²) in [7, 11) is 2.18. The number of carbonyl (C=O) groups is 1. The van der Waals surface area contributed by atoms with Crippen LogP contribution in [0.25, 0.3) is 0 Å². The lowest BCUT2D eigenvalue weighted by molar-refractivity contribution is -0.130. The molecule has 0 aliphatic carbocycles. The normalized spacial score (nSPS) is 27.2. The average molecular weight is 293 g/mol. The standard InChI is InChI=1S/C15H23N3OS/c1-15(4-6-17(2)7-5-15)11-18-13(19)9-16-14(18)12-3-8-20-10-12/h3,8,10,14,16H,4-7,9,11H2,1-2H3. The highest BCUT2D eigenvalue weighted by Gasteiger charge is 2.38. The van der Waals surface area contributed by atoms with Gasteiger partial charge in [0.1, 0.15) is 6.17 Å². The summed E-state index contributed by atoms with van der Waals surface area (Å²) in [6, 6.07) is 2.12. The van der Waals surface area contributed by atoms with E-state index in [1.807, 2.05) is 4.90 Å². The van der Waals surface area contributed by atoms with Gasteiger partial charge in [-0.15, -0.1) is 0 Å². The lowest BCUT2D eigenvalue weighted by atomic mass is 9.80. The molecule has 20 heavy (non-hydrogen) atoms. The van der Waals surface area contributed by atoms with Crippen LogP contribution in [-0.4, -0.2) is 48.9 Å². The van der Waals surface area contributed by atoms with E-state index in [4.69, 9.17) is 0 Å². The van der Waals surface area contributed by atoms with Gasteiger partial charge in [0.15, 0.2) is 0 Å². The Morgan fingerprint density at radius 1 is 1.45 bits per heavy atom. The number of rotatable bonds is 3. The minimum Gasteiger partial charge on any atom is -0.321 e. The van der Waals surface area contributed by atoms with Crippen molar-refractivity contribution >= 4 is 17.2 Å². The molecule has 0 spiro atoms. The quantitative estimate of drug-likeness (QED) is 0.925. The fourth-order valence-corrected chi connectivity index (χ4v) is 3.85. The van der Waals surface area contributed by atoms with E-state index in [1.165, 1.54) is 18.4 Å². The molecule has 2 aliphatic heterocycles. The lowest BCUT2D eigenvalue weighted by Crippen LogP contribution is -2.45. The van der Waals surface area contributed by atoms with Crippen molar-refractivity contribution in [3.8, 4) is 0 Å². The SMILES string of the molecule is CN1CCC(C)(CN2C(=O)CNC2c2ccsc2)CC1. The Bertz CT molecular complexity index is 465. The van der Waals surface area contributed by atoms with Gasteiger partial charge in [0.05, 0.1) is 6.54 Å². The summed E-state index contributed by atoms with van der Waals surface area (Å²) in [4.78, 5) is 16.6. The minimum absolute atomic E-state index is 0.0743. The van der Waals surface area contributed by atoms with Crippen LogP contribution < -0.4 is 5.32 Å². The number of nitrogens with zero attached hydrogens (tertiary/aromatic N) is 2. The monoisotopic (exact) mass is 293 g/mol. The van der Waals surface area contributed by atoms with E-state index in [0.29, 0.717) is 6.54 Å². The molecule has 3 rings (SSSR count). The van der Waals surface area contributed by atoms with Crippen LogP contribution >= 0.6 is 11.3 Å². The molecule has 0 radical (unpaired) electrons. The van der Waals surface area contributed by atoms with Crippen LogP contribution in [0.2, 0.25) is 0 Å². The van der Waals surface area contributed by atoms with Crippen LogP contribution in [0.3, 0.4) is 0 Å². The number of amides is 1. The molecule has 2 fully saturated rings. The molecule has 2 saturated heterocycles. The lowest BCUT2D eigenvalue weighted by Gasteiger charge is -2.41. The summed E-state index contributed by atoms with van der Waals surface area (Å²) >= 11 is 1.69. The summed E-state index contributed by atoms with van der Waals surface area (Å²) in [5, 5.41) is 7.56. The predicted molar refractivity (Wildman–Crippen MR) is 81.6 cm³/mol. The third kappa shape index (κ3) is 2.75. The summed E-state index contributed by atoms with van der Waals surface area (Å²) in [5.74, 6) is 0.237. The van der Waals surface area contributed by atoms with Crippen molar-refractivity contribution in [1.29, 1.82) is 0 Å². The van der Waals surface area contributed by atoms with Crippen LogP contribution in [0.5, 0.6) is 0 Å².